The fourth-order valence-electron chi connectivity index (χ4n) is 1.06. The molecule has 0 spiro atoms. The van der Waals surface area contributed by atoms with Crippen LogP contribution < -0.4 is 11.1 Å². The number of nitrogens with two attached hydrogens (primary N) is 1. The van der Waals surface area contributed by atoms with Crippen LogP contribution in [-0.4, -0.2) is 17.5 Å². The molecule has 1 rings (SSSR count). The Bertz CT molecular complexity index is 392. The maximum absolute atomic E-state index is 5.64. The summed E-state index contributed by atoms with van der Waals surface area (Å²) in [6.45, 7) is 10.4. The summed E-state index contributed by atoms with van der Waals surface area (Å²) in [6, 6.07) is 0. The number of hydrogen-bond acceptors (Lipinski definition) is 3. The summed E-state index contributed by atoms with van der Waals surface area (Å²) in [7, 11) is 0. The Kier molecular flexibility index (Phi) is 6.86. The number of aliphatic imine (C=N–C) groups is 1. The van der Waals surface area contributed by atoms with Gasteiger partial charge in [0.1, 0.15) is 12.3 Å². The monoisotopic (exact) mass is 350 g/mol. The second kappa shape index (κ2) is 7.31. The SMILES string of the molecule is C=C(C)CNC(N)=NCc1nc(C)c(C)o1.I. The van der Waals surface area contributed by atoms with Gasteiger partial charge in [0.15, 0.2) is 5.96 Å². The summed E-state index contributed by atoms with van der Waals surface area (Å²) in [6.07, 6.45) is 0. The molecule has 0 aliphatic carbocycles. The average molecular weight is 350 g/mol. The van der Waals surface area contributed by atoms with Gasteiger partial charge in [-0.25, -0.2) is 9.98 Å². The number of nitrogens with one attached hydrogen (secondary N) is 1. The Morgan fingerprint density at radius 3 is 2.65 bits per heavy atom. The number of halogens is 1. The quantitative estimate of drug-likeness (QED) is 0.376. The molecule has 0 saturated heterocycles. The molecule has 0 aromatic carbocycles. The molecule has 6 heteroatoms. The number of nitrogens with zero attached hydrogens (tertiary/aromatic N) is 2. The molecule has 0 radical (unpaired) electrons. The van der Waals surface area contributed by atoms with Crippen LogP contribution in [0.15, 0.2) is 21.6 Å². The molecule has 1 aromatic heterocycles. The Morgan fingerprint density at radius 1 is 1.53 bits per heavy atom. The van der Waals surface area contributed by atoms with Gasteiger partial charge in [-0.3, -0.25) is 0 Å². The fraction of sp³-hybridized carbons (Fsp3) is 0.455. The first-order chi connectivity index (χ1) is 7.49. The molecule has 1 aromatic rings. The molecule has 17 heavy (non-hydrogen) atoms. The van der Waals surface area contributed by atoms with Crippen molar-refractivity contribution >= 4 is 29.9 Å². The van der Waals surface area contributed by atoms with Crippen molar-refractivity contribution in [3.05, 3.63) is 29.5 Å². The molecule has 0 atom stereocenters. The number of aromatic nitrogens is 1. The number of hydrogen-bond donors (Lipinski definition) is 2. The van der Waals surface area contributed by atoms with Crippen LogP contribution in [0.3, 0.4) is 0 Å². The molecule has 0 amide bonds. The van der Waals surface area contributed by atoms with E-state index in [0.29, 0.717) is 24.9 Å². The van der Waals surface area contributed by atoms with E-state index < -0.39 is 0 Å². The minimum Gasteiger partial charge on any atom is -0.444 e. The zero-order valence-electron chi connectivity index (χ0n) is 10.4. The molecule has 0 saturated carbocycles. The van der Waals surface area contributed by atoms with Gasteiger partial charge in [-0.1, -0.05) is 12.2 Å². The summed E-state index contributed by atoms with van der Waals surface area (Å²) in [5.41, 5.74) is 7.53. The van der Waals surface area contributed by atoms with E-state index in [4.69, 9.17) is 10.2 Å². The van der Waals surface area contributed by atoms with Crippen LogP contribution >= 0.6 is 24.0 Å². The molecule has 0 bridgehead atoms. The molecule has 0 fully saturated rings. The number of aryl methyl sites for hydroxylation is 2. The maximum Gasteiger partial charge on any atom is 0.216 e. The van der Waals surface area contributed by atoms with E-state index >= 15 is 0 Å². The molecule has 0 aliphatic heterocycles. The van der Waals surface area contributed by atoms with Crippen molar-refractivity contribution in [3.63, 3.8) is 0 Å². The summed E-state index contributed by atoms with van der Waals surface area (Å²) < 4.78 is 5.37. The minimum atomic E-state index is 0. The molecule has 3 N–H and O–H groups in total. The summed E-state index contributed by atoms with van der Waals surface area (Å²) in [4.78, 5) is 8.31. The number of oxazole rings is 1. The summed E-state index contributed by atoms with van der Waals surface area (Å²) in [5.74, 6) is 1.77. The topological polar surface area (TPSA) is 76.4 Å². The third-order valence-corrected chi connectivity index (χ3v) is 2.03. The lowest BCUT2D eigenvalue weighted by atomic mass is 10.3. The van der Waals surface area contributed by atoms with Gasteiger partial charge in [-0.2, -0.15) is 0 Å². The van der Waals surface area contributed by atoms with E-state index in [1.807, 2.05) is 20.8 Å². The Hall–Kier alpha value is -1.05. The van der Waals surface area contributed by atoms with E-state index in [9.17, 15) is 0 Å². The van der Waals surface area contributed by atoms with Crippen LogP contribution in [0, 0.1) is 13.8 Å². The highest BCUT2D eigenvalue weighted by Crippen LogP contribution is 2.08. The molecule has 96 valence electrons. The lowest BCUT2D eigenvalue weighted by Gasteiger charge is -2.03. The van der Waals surface area contributed by atoms with Gasteiger partial charge in [0.25, 0.3) is 0 Å². The van der Waals surface area contributed by atoms with Crippen LogP contribution in [-0.2, 0) is 6.54 Å². The van der Waals surface area contributed by atoms with Crippen molar-refractivity contribution in [1.82, 2.24) is 10.3 Å². The zero-order chi connectivity index (χ0) is 12.1. The molecule has 0 aliphatic rings. The summed E-state index contributed by atoms with van der Waals surface area (Å²) >= 11 is 0. The van der Waals surface area contributed by atoms with E-state index in [1.165, 1.54) is 0 Å². The first-order valence-corrected chi connectivity index (χ1v) is 5.10. The van der Waals surface area contributed by atoms with Crippen LogP contribution in [0.4, 0.5) is 0 Å². The van der Waals surface area contributed by atoms with Crippen molar-refractivity contribution < 1.29 is 4.42 Å². The van der Waals surface area contributed by atoms with Crippen LogP contribution in [0.2, 0.25) is 0 Å². The standard InChI is InChI=1S/C11H18N4O.HI/c1-7(2)5-13-11(12)14-6-10-15-8(3)9(4)16-10;/h1,5-6H2,2-4H3,(H3,12,13,14);1H. The first kappa shape index (κ1) is 16.0. The van der Waals surface area contributed by atoms with Gasteiger partial charge < -0.3 is 15.5 Å². The largest absolute Gasteiger partial charge is 0.444 e. The Balaban J connectivity index is 0.00000256. The molecular weight excluding hydrogens is 331 g/mol. The highest BCUT2D eigenvalue weighted by molar-refractivity contribution is 14.0. The van der Waals surface area contributed by atoms with Crippen LogP contribution in [0.25, 0.3) is 0 Å². The minimum absolute atomic E-state index is 0. The van der Waals surface area contributed by atoms with E-state index in [-0.39, 0.29) is 24.0 Å². The van der Waals surface area contributed by atoms with Crippen molar-refractivity contribution in [2.75, 3.05) is 6.54 Å². The van der Waals surface area contributed by atoms with Gasteiger partial charge in [0.05, 0.1) is 5.69 Å². The van der Waals surface area contributed by atoms with Gasteiger partial charge in [-0.15, -0.1) is 24.0 Å². The highest BCUT2D eigenvalue weighted by Gasteiger charge is 2.04. The normalized spacial score (nSPS) is 10.9. The molecule has 5 nitrogen and oxygen atoms in total. The molecule has 0 unspecified atom stereocenters. The van der Waals surface area contributed by atoms with Crippen molar-refractivity contribution in [2.45, 2.75) is 27.3 Å². The predicted molar refractivity (Wildman–Crippen MR) is 79.5 cm³/mol. The summed E-state index contributed by atoms with van der Waals surface area (Å²) in [5, 5.41) is 2.93. The third kappa shape index (κ3) is 5.71. The molecular formula is C11H19IN4O. The lowest BCUT2D eigenvalue weighted by Crippen LogP contribution is -2.32. The van der Waals surface area contributed by atoms with Crippen molar-refractivity contribution in [1.29, 1.82) is 0 Å². The van der Waals surface area contributed by atoms with Crippen LogP contribution in [0.1, 0.15) is 24.3 Å². The maximum atomic E-state index is 5.64. The van der Waals surface area contributed by atoms with Gasteiger partial charge in [0, 0.05) is 6.54 Å². The first-order valence-electron chi connectivity index (χ1n) is 5.10. The Morgan fingerprint density at radius 2 is 2.18 bits per heavy atom. The Labute approximate surface area is 119 Å². The second-order valence-electron chi connectivity index (χ2n) is 3.76. The number of guanidine groups is 1. The highest BCUT2D eigenvalue weighted by atomic mass is 127. The number of rotatable bonds is 4. The van der Waals surface area contributed by atoms with Gasteiger partial charge >= 0.3 is 0 Å². The van der Waals surface area contributed by atoms with Crippen molar-refractivity contribution in [2.24, 2.45) is 10.7 Å². The third-order valence-electron chi connectivity index (χ3n) is 2.03. The lowest BCUT2D eigenvalue weighted by molar-refractivity contribution is 0.473. The smallest absolute Gasteiger partial charge is 0.216 e. The van der Waals surface area contributed by atoms with Crippen LogP contribution in [0.5, 0.6) is 0 Å². The van der Waals surface area contributed by atoms with Gasteiger partial charge in [0.2, 0.25) is 5.89 Å². The van der Waals surface area contributed by atoms with Crippen molar-refractivity contribution in [3.8, 4) is 0 Å². The second-order valence-corrected chi connectivity index (χ2v) is 3.76. The molecule has 1 heterocycles. The average Bonchev–Trinajstić information content (AvgIpc) is 2.52. The van der Waals surface area contributed by atoms with Gasteiger partial charge in [-0.05, 0) is 20.8 Å². The zero-order valence-corrected chi connectivity index (χ0v) is 12.7. The van der Waals surface area contributed by atoms with E-state index in [1.54, 1.807) is 0 Å². The van der Waals surface area contributed by atoms with E-state index in [2.05, 4.69) is 21.9 Å². The van der Waals surface area contributed by atoms with E-state index in [0.717, 1.165) is 17.0 Å². The predicted octanol–water partition coefficient (Wildman–Crippen LogP) is 1.89. The fourth-order valence-corrected chi connectivity index (χ4v) is 1.06.